The van der Waals surface area contributed by atoms with E-state index in [1.807, 2.05) is 0 Å². The summed E-state index contributed by atoms with van der Waals surface area (Å²) in [5.41, 5.74) is 1.59. The van der Waals surface area contributed by atoms with E-state index < -0.39 is 33.2 Å². The van der Waals surface area contributed by atoms with Gasteiger partial charge in [-0.1, -0.05) is 107 Å². The lowest BCUT2D eigenvalue weighted by Crippen LogP contribution is -2.45. The molecule has 0 bridgehead atoms. The molecule has 2 N–H and O–H groups in total. The van der Waals surface area contributed by atoms with Gasteiger partial charge in [0.2, 0.25) is 0 Å². The lowest BCUT2D eigenvalue weighted by atomic mass is 9.68. The number of carbonyl (C=O) groups is 2. The van der Waals surface area contributed by atoms with E-state index in [2.05, 4.69) is 50.9 Å². The first-order valence-electron chi connectivity index (χ1n) is 17.7. The van der Waals surface area contributed by atoms with E-state index in [4.69, 9.17) is 19.7 Å². The van der Waals surface area contributed by atoms with Gasteiger partial charge in [-0.15, -0.1) is 0 Å². The summed E-state index contributed by atoms with van der Waals surface area (Å²) in [4.78, 5) is 23.9. The minimum Gasteiger partial charge on any atom is -0.462 e. The first kappa shape index (κ1) is 37.2. The number of aliphatic hydroxyl groups excluding tert-OH is 2. The molecule has 0 aromatic heterocycles. The van der Waals surface area contributed by atoms with Gasteiger partial charge in [0, 0.05) is 0 Å². The first-order chi connectivity index (χ1) is 21.7. The molecule has 0 spiro atoms. The van der Waals surface area contributed by atoms with Gasteiger partial charge in [-0.2, -0.15) is 0 Å². The number of carbonyl (C=O) groups excluding carboxylic acids is 2. The second-order valence-corrected chi connectivity index (χ2v) is 18.8. The predicted octanol–water partition coefficient (Wildman–Crippen LogP) is 7.60. The maximum atomic E-state index is 11.9. The molecule has 6 nitrogen and oxygen atoms in total. The van der Waals surface area contributed by atoms with Gasteiger partial charge >= 0.3 is 11.9 Å². The smallest absolute Gasteiger partial charge is 0.335 e. The predicted molar refractivity (Wildman–Crippen MR) is 185 cm³/mol. The van der Waals surface area contributed by atoms with E-state index in [1.165, 1.54) is 87.8 Å². The molecule has 2 aliphatic carbocycles. The third kappa shape index (κ3) is 11.8. The zero-order valence-electron chi connectivity index (χ0n) is 28.2. The third-order valence-corrected chi connectivity index (χ3v) is 15.4. The molecule has 1 aromatic carbocycles. The molecule has 0 saturated heterocycles. The van der Waals surface area contributed by atoms with Gasteiger partial charge in [0.15, 0.2) is 0 Å². The Balaban J connectivity index is 1.54. The molecule has 2 fully saturated rings. The van der Waals surface area contributed by atoms with E-state index in [0.29, 0.717) is 5.92 Å². The standard InChI is InChI=1S/C38H60O6Si/c1-5-6-7-10-31-11-13-32(14-12-31)33-15-17-34(18-16-33)35-19-21-36(22-20-35)45(4,25-8-23-43-37(41)29(2)27-39)26-9-24-44-38(42)30(3)28-40/h19-22,31-34,39-40H,2-3,5-18,23-28H2,1,4H3. The molecule has 0 heterocycles. The summed E-state index contributed by atoms with van der Waals surface area (Å²) in [5, 5.41) is 19.6. The highest BCUT2D eigenvalue weighted by molar-refractivity contribution is 6.90. The maximum Gasteiger partial charge on any atom is 0.335 e. The molecule has 1 aromatic rings. The fraction of sp³-hybridized carbons (Fsp3) is 0.684. The molecular formula is C38H60O6Si. The Morgan fingerprint density at radius 3 is 1.71 bits per heavy atom. The van der Waals surface area contributed by atoms with Crippen LogP contribution < -0.4 is 5.19 Å². The number of esters is 2. The minimum absolute atomic E-state index is 0.0658. The molecular weight excluding hydrogens is 580 g/mol. The lowest BCUT2D eigenvalue weighted by molar-refractivity contribution is -0.140. The van der Waals surface area contributed by atoms with Crippen LogP contribution in [-0.2, 0) is 19.1 Å². The Morgan fingerprint density at radius 1 is 0.756 bits per heavy atom. The number of rotatable bonds is 19. The van der Waals surface area contributed by atoms with Crippen molar-refractivity contribution in [1.82, 2.24) is 0 Å². The SMILES string of the molecule is C=C(CO)C(=O)OCCC[Si](C)(CCCOC(=O)C(=C)CO)c1ccc(C2CCC(C3CCC(CCCCC)CC3)CC2)cc1. The number of hydrogen-bond acceptors (Lipinski definition) is 6. The van der Waals surface area contributed by atoms with Crippen molar-refractivity contribution in [3.05, 3.63) is 54.1 Å². The zero-order valence-corrected chi connectivity index (χ0v) is 29.2. The van der Waals surface area contributed by atoms with Gasteiger partial charge in [-0.25, -0.2) is 9.59 Å². The van der Waals surface area contributed by atoms with Crippen molar-refractivity contribution < 1.29 is 29.3 Å². The molecule has 252 valence electrons. The highest BCUT2D eigenvalue weighted by atomic mass is 28.3. The fourth-order valence-corrected chi connectivity index (χ4v) is 11.4. The van der Waals surface area contributed by atoms with Crippen molar-refractivity contribution in [2.75, 3.05) is 26.4 Å². The van der Waals surface area contributed by atoms with Crippen molar-refractivity contribution in [1.29, 1.82) is 0 Å². The van der Waals surface area contributed by atoms with Crippen molar-refractivity contribution in [3.8, 4) is 0 Å². The Hall–Kier alpha value is -2.22. The lowest BCUT2D eigenvalue weighted by Gasteiger charge is -2.38. The third-order valence-electron chi connectivity index (χ3n) is 10.8. The van der Waals surface area contributed by atoms with Crippen LogP contribution in [0.1, 0.15) is 108 Å². The van der Waals surface area contributed by atoms with Crippen LogP contribution in [0.15, 0.2) is 48.6 Å². The first-order valence-corrected chi connectivity index (χ1v) is 20.6. The summed E-state index contributed by atoms with van der Waals surface area (Å²) in [6, 6.07) is 11.2. The van der Waals surface area contributed by atoms with Crippen LogP contribution in [-0.4, -0.2) is 56.7 Å². The topological polar surface area (TPSA) is 93.1 Å². The van der Waals surface area contributed by atoms with Gasteiger partial charge in [-0.05, 0) is 80.6 Å². The summed E-state index contributed by atoms with van der Waals surface area (Å²) >= 11 is 0. The van der Waals surface area contributed by atoms with Crippen LogP contribution in [0.4, 0.5) is 0 Å². The van der Waals surface area contributed by atoms with Gasteiger partial charge < -0.3 is 19.7 Å². The van der Waals surface area contributed by atoms with Gasteiger partial charge in [0.1, 0.15) is 0 Å². The van der Waals surface area contributed by atoms with E-state index in [1.54, 1.807) is 0 Å². The summed E-state index contributed by atoms with van der Waals surface area (Å²) in [7, 11) is -1.99. The van der Waals surface area contributed by atoms with Gasteiger partial charge in [-0.3, -0.25) is 0 Å². The van der Waals surface area contributed by atoms with Gasteiger partial charge in [0.05, 0.1) is 45.6 Å². The van der Waals surface area contributed by atoms with Crippen LogP contribution in [0.25, 0.3) is 0 Å². The highest BCUT2D eigenvalue weighted by Gasteiger charge is 2.32. The number of unbranched alkanes of at least 4 members (excludes halogenated alkanes) is 2. The monoisotopic (exact) mass is 640 g/mol. The van der Waals surface area contributed by atoms with E-state index in [-0.39, 0.29) is 24.4 Å². The molecule has 0 aliphatic heterocycles. The van der Waals surface area contributed by atoms with Crippen LogP contribution in [0.2, 0.25) is 18.6 Å². The van der Waals surface area contributed by atoms with Crippen LogP contribution >= 0.6 is 0 Å². The summed E-state index contributed by atoms with van der Waals surface area (Å²) in [5.74, 6) is 2.40. The summed E-state index contributed by atoms with van der Waals surface area (Å²) < 4.78 is 10.6. The molecule has 7 heteroatoms. The molecule has 0 unspecified atom stereocenters. The van der Waals surface area contributed by atoms with Crippen molar-refractivity contribution in [3.63, 3.8) is 0 Å². The summed E-state index contributed by atoms with van der Waals surface area (Å²) in [6.07, 6.45) is 18.2. The van der Waals surface area contributed by atoms with Crippen molar-refractivity contribution >= 4 is 25.2 Å². The van der Waals surface area contributed by atoms with Crippen molar-refractivity contribution in [2.45, 2.75) is 121 Å². The minimum atomic E-state index is -1.99. The summed E-state index contributed by atoms with van der Waals surface area (Å²) in [6.45, 7) is 11.5. The molecule has 0 atom stereocenters. The average Bonchev–Trinajstić information content (AvgIpc) is 3.08. The number of hydrogen-bond donors (Lipinski definition) is 2. The van der Waals surface area contributed by atoms with E-state index in [0.717, 1.165) is 42.7 Å². The van der Waals surface area contributed by atoms with Crippen LogP contribution in [0, 0.1) is 17.8 Å². The molecule has 0 amide bonds. The van der Waals surface area contributed by atoms with Crippen LogP contribution in [0.5, 0.6) is 0 Å². The quantitative estimate of drug-likeness (QED) is 0.0700. The number of aliphatic hydroxyl groups is 2. The van der Waals surface area contributed by atoms with Gasteiger partial charge in [0.25, 0.3) is 0 Å². The van der Waals surface area contributed by atoms with Crippen LogP contribution in [0.3, 0.4) is 0 Å². The fourth-order valence-electron chi connectivity index (χ4n) is 7.71. The molecule has 0 radical (unpaired) electrons. The molecule has 2 saturated carbocycles. The highest BCUT2D eigenvalue weighted by Crippen LogP contribution is 2.44. The average molecular weight is 641 g/mol. The Bertz CT molecular complexity index is 1030. The maximum absolute atomic E-state index is 11.9. The molecule has 45 heavy (non-hydrogen) atoms. The second-order valence-electron chi connectivity index (χ2n) is 14.1. The normalized spacial score (nSPS) is 22.0. The molecule has 3 rings (SSSR count). The zero-order chi connectivity index (χ0) is 32.7. The van der Waals surface area contributed by atoms with E-state index >= 15 is 0 Å². The number of benzene rings is 1. The number of ether oxygens (including phenoxy) is 2. The van der Waals surface area contributed by atoms with E-state index in [9.17, 15) is 9.59 Å². The Labute approximate surface area is 273 Å². The van der Waals surface area contributed by atoms with Crippen molar-refractivity contribution in [2.24, 2.45) is 17.8 Å². The second kappa shape index (κ2) is 19.4. The molecule has 2 aliphatic rings. The largest absolute Gasteiger partial charge is 0.462 e. The Morgan fingerprint density at radius 2 is 1.24 bits per heavy atom. The Kier molecular flexibility index (Phi) is 16.1.